The molecule has 2 rings (SSSR count). The molecule has 0 saturated heterocycles. The van der Waals surface area contributed by atoms with Gasteiger partial charge in [0.25, 0.3) is 0 Å². The molecule has 0 saturated carbocycles. The van der Waals surface area contributed by atoms with Crippen LogP contribution in [0.1, 0.15) is 18.7 Å². The fraction of sp³-hybridized carbons (Fsp3) is 0.455. The normalized spacial score (nSPS) is 22.3. The Morgan fingerprint density at radius 2 is 2.35 bits per heavy atom. The molecule has 2 atom stereocenters. The summed E-state index contributed by atoms with van der Waals surface area (Å²) in [7, 11) is 1.64. The third-order valence-electron chi connectivity index (χ3n) is 2.53. The number of halogens is 1. The number of nitrogens with two attached hydrogens (primary N) is 1. The number of methoxy groups -OCH3 is 1. The van der Waals surface area contributed by atoms with Gasteiger partial charge in [0.2, 0.25) is 5.88 Å². The molecule has 0 fully saturated rings. The summed E-state index contributed by atoms with van der Waals surface area (Å²) in [5, 5.41) is 2.08. The van der Waals surface area contributed by atoms with Gasteiger partial charge < -0.3 is 19.7 Å². The van der Waals surface area contributed by atoms with Crippen LogP contribution in [0.15, 0.2) is 28.5 Å². The fourth-order valence-electron chi connectivity index (χ4n) is 1.81. The minimum absolute atomic E-state index is 0.0474. The largest absolute Gasteiger partial charge is 0.448 e. The smallest absolute Gasteiger partial charge is 0.207 e. The maximum absolute atomic E-state index is 5.76. The molecular formula is C11H15ClN2O3. The number of hydrogen-bond acceptors (Lipinski definition) is 5. The van der Waals surface area contributed by atoms with Crippen LogP contribution >= 0.6 is 11.6 Å². The summed E-state index contributed by atoms with van der Waals surface area (Å²) in [6.45, 7) is 2.51. The Morgan fingerprint density at radius 3 is 2.94 bits per heavy atom. The van der Waals surface area contributed by atoms with Crippen LogP contribution in [0.4, 0.5) is 0 Å². The zero-order valence-electron chi connectivity index (χ0n) is 9.72. The van der Waals surface area contributed by atoms with Crippen molar-refractivity contribution in [2.24, 2.45) is 5.73 Å². The molecule has 2 N–H and O–H groups in total. The Labute approximate surface area is 105 Å². The van der Waals surface area contributed by atoms with Gasteiger partial charge in [-0.25, -0.2) is 0 Å². The fourth-order valence-corrected chi connectivity index (χ4v) is 1.96. The average molecular weight is 259 g/mol. The Balaban J connectivity index is 2.18. The summed E-state index contributed by atoms with van der Waals surface area (Å²) in [6.07, 6.45) is 1.78. The highest BCUT2D eigenvalue weighted by atomic mass is 35.5. The molecule has 2 unspecified atom stereocenters. The zero-order chi connectivity index (χ0) is 12.4. The first-order chi connectivity index (χ1) is 8.11. The first-order valence-corrected chi connectivity index (χ1v) is 5.67. The zero-order valence-corrected chi connectivity index (χ0v) is 10.5. The van der Waals surface area contributed by atoms with Crippen LogP contribution in [0.2, 0.25) is 5.22 Å². The molecule has 0 aromatic carbocycles. The van der Waals surface area contributed by atoms with Crippen molar-refractivity contribution in [2.45, 2.75) is 19.0 Å². The van der Waals surface area contributed by atoms with E-state index in [0.717, 1.165) is 0 Å². The van der Waals surface area contributed by atoms with Crippen LogP contribution in [0, 0.1) is 0 Å². The van der Waals surface area contributed by atoms with E-state index in [1.165, 1.54) is 0 Å². The van der Waals surface area contributed by atoms with Gasteiger partial charge in [-0.2, -0.15) is 0 Å². The number of hydroxylamine groups is 2. The minimum atomic E-state index is -0.173. The predicted molar refractivity (Wildman–Crippen MR) is 63.0 cm³/mol. The first kappa shape index (κ1) is 12.3. The molecule has 6 heteroatoms. The quantitative estimate of drug-likeness (QED) is 0.896. The van der Waals surface area contributed by atoms with Crippen LogP contribution in [0.5, 0.6) is 0 Å². The van der Waals surface area contributed by atoms with E-state index in [4.69, 9.17) is 31.3 Å². The van der Waals surface area contributed by atoms with E-state index in [-0.39, 0.29) is 12.1 Å². The van der Waals surface area contributed by atoms with E-state index >= 15 is 0 Å². The molecule has 0 amide bonds. The average Bonchev–Trinajstić information content (AvgIpc) is 2.84. The summed E-state index contributed by atoms with van der Waals surface area (Å²) in [5.41, 5.74) is 5.68. The maximum atomic E-state index is 5.76. The lowest BCUT2D eigenvalue weighted by molar-refractivity contribution is -0.161. The van der Waals surface area contributed by atoms with Gasteiger partial charge in [0.1, 0.15) is 11.8 Å². The molecule has 2 heterocycles. The van der Waals surface area contributed by atoms with Crippen LogP contribution < -0.4 is 5.73 Å². The third-order valence-corrected chi connectivity index (χ3v) is 2.74. The van der Waals surface area contributed by atoms with Gasteiger partial charge in [0.15, 0.2) is 5.22 Å². The molecule has 1 aromatic heterocycles. The lowest BCUT2D eigenvalue weighted by Gasteiger charge is -2.26. The molecule has 0 aliphatic carbocycles. The van der Waals surface area contributed by atoms with Crippen molar-refractivity contribution >= 4 is 11.6 Å². The molecule has 94 valence electrons. The highest BCUT2D eigenvalue weighted by molar-refractivity contribution is 6.28. The Bertz CT molecular complexity index is 419. The Hall–Kier alpha value is -1.17. The lowest BCUT2D eigenvalue weighted by Crippen LogP contribution is -2.35. The second-order valence-corrected chi connectivity index (χ2v) is 4.28. The number of furan rings is 1. The van der Waals surface area contributed by atoms with Crippen molar-refractivity contribution in [2.75, 3.05) is 13.7 Å². The molecule has 0 bridgehead atoms. The molecule has 17 heavy (non-hydrogen) atoms. The van der Waals surface area contributed by atoms with Crippen LogP contribution in [0.3, 0.4) is 0 Å². The van der Waals surface area contributed by atoms with Crippen molar-refractivity contribution in [3.8, 4) is 0 Å². The van der Waals surface area contributed by atoms with Crippen molar-refractivity contribution in [1.29, 1.82) is 0 Å². The van der Waals surface area contributed by atoms with Gasteiger partial charge in [0.05, 0.1) is 12.6 Å². The van der Waals surface area contributed by atoms with E-state index in [9.17, 15) is 0 Å². The van der Waals surface area contributed by atoms with Gasteiger partial charge in [-0.15, -0.1) is 5.06 Å². The van der Waals surface area contributed by atoms with Crippen LogP contribution in [0.25, 0.3) is 0 Å². The van der Waals surface area contributed by atoms with E-state index in [1.807, 2.05) is 6.92 Å². The predicted octanol–water partition coefficient (Wildman–Crippen LogP) is 2.06. The van der Waals surface area contributed by atoms with Crippen LogP contribution in [-0.2, 0) is 9.57 Å². The molecule has 0 spiro atoms. The van der Waals surface area contributed by atoms with Crippen molar-refractivity contribution in [3.05, 3.63) is 35.1 Å². The molecule has 1 aliphatic rings. The number of hydrogen-bond donors (Lipinski definition) is 1. The second-order valence-electron chi connectivity index (χ2n) is 3.91. The summed E-state index contributed by atoms with van der Waals surface area (Å²) < 4.78 is 10.5. The summed E-state index contributed by atoms with van der Waals surface area (Å²) in [4.78, 5) is 5.44. The summed E-state index contributed by atoms with van der Waals surface area (Å²) in [6, 6.07) is 3.37. The summed E-state index contributed by atoms with van der Waals surface area (Å²) in [5.74, 6) is 1.05. The van der Waals surface area contributed by atoms with Crippen LogP contribution in [-0.4, -0.2) is 24.8 Å². The standard InChI is InChI=1S/C11H15ClN2O3/c1-7(6-15-2)14-8(5-11(13)17-14)9-3-4-10(12)16-9/h3-5,7-8H,6,13H2,1-2H3. The summed E-state index contributed by atoms with van der Waals surface area (Å²) >= 11 is 5.76. The molecule has 1 aliphatic heterocycles. The van der Waals surface area contributed by atoms with Crippen molar-refractivity contribution in [1.82, 2.24) is 5.06 Å². The minimum Gasteiger partial charge on any atom is -0.448 e. The Morgan fingerprint density at radius 1 is 1.59 bits per heavy atom. The first-order valence-electron chi connectivity index (χ1n) is 5.29. The van der Waals surface area contributed by atoms with Gasteiger partial charge in [-0.05, 0) is 30.7 Å². The van der Waals surface area contributed by atoms with E-state index in [1.54, 1.807) is 30.4 Å². The number of ether oxygens (including phenoxy) is 1. The lowest BCUT2D eigenvalue weighted by atomic mass is 10.2. The third kappa shape index (κ3) is 2.57. The van der Waals surface area contributed by atoms with E-state index in [0.29, 0.717) is 23.5 Å². The highest BCUT2D eigenvalue weighted by Crippen LogP contribution is 2.33. The number of nitrogens with zero attached hydrogens (tertiary/aromatic N) is 1. The molecule has 0 radical (unpaired) electrons. The molecule has 5 nitrogen and oxygen atoms in total. The highest BCUT2D eigenvalue weighted by Gasteiger charge is 2.33. The number of rotatable bonds is 4. The van der Waals surface area contributed by atoms with Gasteiger partial charge in [-0.3, -0.25) is 0 Å². The SMILES string of the molecule is COCC(C)N1OC(N)=CC1c1ccc(Cl)o1. The van der Waals surface area contributed by atoms with Crippen molar-refractivity contribution < 1.29 is 14.0 Å². The van der Waals surface area contributed by atoms with Gasteiger partial charge in [-0.1, -0.05) is 0 Å². The van der Waals surface area contributed by atoms with Gasteiger partial charge in [0, 0.05) is 13.2 Å². The maximum Gasteiger partial charge on any atom is 0.207 e. The van der Waals surface area contributed by atoms with E-state index in [2.05, 4.69) is 0 Å². The monoisotopic (exact) mass is 258 g/mol. The Kier molecular flexibility index (Phi) is 3.61. The van der Waals surface area contributed by atoms with Gasteiger partial charge >= 0.3 is 0 Å². The van der Waals surface area contributed by atoms with E-state index < -0.39 is 0 Å². The molecular weight excluding hydrogens is 244 g/mol. The topological polar surface area (TPSA) is 60.9 Å². The molecule has 1 aromatic rings. The second kappa shape index (κ2) is 5.00. The van der Waals surface area contributed by atoms with Crippen molar-refractivity contribution in [3.63, 3.8) is 0 Å².